The average Bonchev–Trinajstić information content (AvgIpc) is 2.40. The minimum absolute atomic E-state index is 0.250. The SMILES string of the molecule is Cc1ccccc1CCC(=O)N1CCC(N)C(C)C1. The van der Waals surface area contributed by atoms with Crippen LogP contribution in [0.2, 0.25) is 0 Å². The van der Waals surface area contributed by atoms with Crippen molar-refractivity contribution in [1.82, 2.24) is 4.90 Å². The molecule has 3 heteroatoms. The van der Waals surface area contributed by atoms with Crippen molar-refractivity contribution in [2.24, 2.45) is 11.7 Å². The molecule has 19 heavy (non-hydrogen) atoms. The minimum atomic E-state index is 0.250. The Morgan fingerprint density at radius 2 is 2.16 bits per heavy atom. The fourth-order valence-electron chi connectivity index (χ4n) is 2.68. The summed E-state index contributed by atoms with van der Waals surface area (Å²) in [5, 5.41) is 0. The second-order valence-corrected chi connectivity index (χ2v) is 5.70. The van der Waals surface area contributed by atoms with E-state index in [-0.39, 0.29) is 11.9 Å². The van der Waals surface area contributed by atoms with Crippen molar-refractivity contribution in [3.05, 3.63) is 35.4 Å². The van der Waals surface area contributed by atoms with E-state index < -0.39 is 0 Å². The van der Waals surface area contributed by atoms with Crippen LogP contribution in [-0.4, -0.2) is 29.9 Å². The highest BCUT2D eigenvalue weighted by molar-refractivity contribution is 5.76. The Morgan fingerprint density at radius 1 is 1.42 bits per heavy atom. The Morgan fingerprint density at radius 3 is 2.84 bits per heavy atom. The van der Waals surface area contributed by atoms with Gasteiger partial charge in [-0.1, -0.05) is 31.2 Å². The first kappa shape index (κ1) is 14.1. The second-order valence-electron chi connectivity index (χ2n) is 5.70. The summed E-state index contributed by atoms with van der Waals surface area (Å²) in [6, 6.07) is 8.53. The summed E-state index contributed by atoms with van der Waals surface area (Å²) < 4.78 is 0. The Balaban J connectivity index is 1.87. The van der Waals surface area contributed by atoms with Gasteiger partial charge in [-0.3, -0.25) is 4.79 Å². The Kier molecular flexibility index (Phi) is 4.59. The normalized spacial score (nSPS) is 23.4. The number of aryl methyl sites for hydroxylation is 2. The van der Waals surface area contributed by atoms with E-state index in [1.807, 2.05) is 17.0 Å². The molecule has 1 amide bonds. The van der Waals surface area contributed by atoms with Gasteiger partial charge in [0.1, 0.15) is 0 Å². The van der Waals surface area contributed by atoms with Gasteiger partial charge in [-0.15, -0.1) is 0 Å². The number of hydrogen-bond donors (Lipinski definition) is 1. The number of piperidine rings is 1. The molecular formula is C16H24N2O. The molecule has 0 bridgehead atoms. The van der Waals surface area contributed by atoms with Crippen molar-refractivity contribution in [2.75, 3.05) is 13.1 Å². The maximum Gasteiger partial charge on any atom is 0.222 e. The number of amides is 1. The first-order chi connectivity index (χ1) is 9.08. The highest BCUT2D eigenvalue weighted by atomic mass is 16.2. The summed E-state index contributed by atoms with van der Waals surface area (Å²) >= 11 is 0. The van der Waals surface area contributed by atoms with Gasteiger partial charge in [0.2, 0.25) is 5.91 Å². The predicted molar refractivity (Wildman–Crippen MR) is 77.8 cm³/mol. The number of carbonyl (C=O) groups is 1. The second kappa shape index (κ2) is 6.20. The zero-order chi connectivity index (χ0) is 13.8. The summed E-state index contributed by atoms with van der Waals surface area (Å²) in [5.74, 6) is 0.679. The van der Waals surface area contributed by atoms with Crippen LogP contribution in [0, 0.1) is 12.8 Å². The number of hydrogen-bond acceptors (Lipinski definition) is 2. The molecule has 2 unspecified atom stereocenters. The number of nitrogens with zero attached hydrogens (tertiary/aromatic N) is 1. The van der Waals surface area contributed by atoms with Crippen LogP contribution in [0.1, 0.15) is 30.9 Å². The molecule has 0 aliphatic carbocycles. The molecule has 2 atom stereocenters. The summed E-state index contributed by atoms with van der Waals surface area (Å²) in [4.78, 5) is 14.2. The van der Waals surface area contributed by atoms with Crippen molar-refractivity contribution in [2.45, 2.75) is 39.2 Å². The zero-order valence-electron chi connectivity index (χ0n) is 11.9. The predicted octanol–water partition coefficient (Wildman–Crippen LogP) is 2.12. The molecule has 104 valence electrons. The molecule has 1 aliphatic heterocycles. The lowest BCUT2D eigenvalue weighted by molar-refractivity contribution is -0.133. The molecule has 1 aromatic rings. The van der Waals surface area contributed by atoms with Gasteiger partial charge in [-0.05, 0) is 36.8 Å². The molecular weight excluding hydrogens is 236 g/mol. The molecule has 0 saturated carbocycles. The molecule has 1 fully saturated rings. The van der Waals surface area contributed by atoms with E-state index in [9.17, 15) is 4.79 Å². The van der Waals surface area contributed by atoms with E-state index in [0.717, 1.165) is 25.9 Å². The molecule has 3 nitrogen and oxygen atoms in total. The maximum absolute atomic E-state index is 12.2. The molecule has 0 radical (unpaired) electrons. The van der Waals surface area contributed by atoms with E-state index in [1.54, 1.807) is 0 Å². The van der Waals surface area contributed by atoms with Crippen LogP contribution in [0.5, 0.6) is 0 Å². The van der Waals surface area contributed by atoms with Crippen LogP contribution in [0.4, 0.5) is 0 Å². The summed E-state index contributed by atoms with van der Waals surface area (Å²) in [5.41, 5.74) is 8.53. The monoisotopic (exact) mass is 260 g/mol. The van der Waals surface area contributed by atoms with E-state index in [4.69, 9.17) is 5.73 Å². The van der Waals surface area contributed by atoms with Gasteiger partial charge in [-0.2, -0.15) is 0 Å². The number of carbonyl (C=O) groups excluding carboxylic acids is 1. The van der Waals surface area contributed by atoms with Crippen molar-refractivity contribution in [1.29, 1.82) is 0 Å². The van der Waals surface area contributed by atoms with Crippen LogP contribution >= 0.6 is 0 Å². The fourth-order valence-corrected chi connectivity index (χ4v) is 2.68. The molecule has 2 N–H and O–H groups in total. The average molecular weight is 260 g/mol. The van der Waals surface area contributed by atoms with Gasteiger partial charge in [-0.25, -0.2) is 0 Å². The molecule has 1 saturated heterocycles. The van der Waals surface area contributed by atoms with Crippen LogP contribution in [0.3, 0.4) is 0 Å². The molecule has 0 spiro atoms. The van der Waals surface area contributed by atoms with E-state index in [0.29, 0.717) is 12.3 Å². The number of rotatable bonds is 3. The highest BCUT2D eigenvalue weighted by Crippen LogP contribution is 2.17. The van der Waals surface area contributed by atoms with E-state index in [1.165, 1.54) is 11.1 Å². The topological polar surface area (TPSA) is 46.3 Å². The Bertz CT molecular complexity index is 444. The standard InChI is InChI=1S/C16H24N2O/c1-12-5-3-4-6-14(12)7-8-16(19)18-10-9-15(17)13(2)11-18/h3-6,13,15H,7-11,17H2,1-2H3. The molecule has 0 aromatic heterocycles. The van der Waals surface area contributed by atoms with Crippen molar-refractivity contribution in [3.63, 3.8) is 0 Å². The maximum atomic E-state index is 12.2. The van der Waals surface area contributed by atoms with Gasteiger partial charge in [0.15, 0.2) is 0 Å². The van der Waals surface area contributed by atoms with Gasteiger partial charge in [0.25, 0.3) is 0 Å². The lowest BCUT2D eigenvalue weighted by Gasteiger charge is -2.35. The summed E-state index contributed by atoms with van der Waals surface area (Å²) in [6.45, 7) is 5.86. The van der Waals surface area contributed by atoms with Crippen LogP contribution in [-0.2, 0) is 11.2 Å². The lowest BCUT2D eigenvalue weighted by Crippen LogP contribution is -2.48. The van der Waals surface area contributed by atoms with Crippen molar-refractivity contribution in [3.8, 4) is 0 Å². The molecule has 2 rings (SSSR count). The summed E-state index contributed by atoms with van der Waals surface area (Å²) in [6.07, 6.45) is 2.37. The highest BCUT2D eigenvalue weighted by Gasteiger charge is 2.25. The van der Waals surface area contributed by atoms with Gasteiger partial charge >= 0.3 is 0 Å². The van der Waals surface area contributed by atoms with E-state index >= 15 is 0 Å². The van der Waals surface area contributed by atoms with Crippen LogP contribution in [0.15, 0.2) is 24.3 Å². The third-order valence-electron chi connectivity index (χ3n) is 4.19. The van der Waals surface area contributed by atoms with Crippen LogP contribution in [0.25, 0.3) is 0 Å². The fraction of sp³-hybridized carbons (Fsp3) is 0.562. The van der Waals surface area contributed by atoms with Gasteiger partial charge in [0, 0.05) is 25.6 Å². The zero-order valence-corrected chi connectivity index (χ0v) is 11.9. The van der Waals surface area contributed by atoms with Crippen molar-refractivity contribution < 1.29 is 4.79 Å². The molecule has 1 heterocycles. The van der Waals surface area contributed by atoms with Crippen LogP contribution < -0.4 is 5.73 Å². The number of benzene rings is 1. The van der Waals surface area contributed by atoms with Crippen molar-refractivity contribution >= 4 is 5.91 Å². The largest absolute Gasteiger partial charge is 0.342 e. The Labute approximate surface area is 115 Å². The Hall–Kier alpha value is -1.35. The first-order valence-corrected chi connectivity index (χ1v) is 7.16. The number of likely N-dealkylation sites (tertiary alicyclic amines) is 1. The van der Waals surface area contributed by atoms with Gasteiger partial charge < -0.3 is 10.6 Å². The molecule has 1 aromatic carbocycles. The number of nitrogens with two attached hydrogens (primary N) is 1. The first-order valence-electron chi connectivity index (χ1n) is 7.16. The smallest absolute Gasteiger partial charge is 0.222 e. The van der Waals surface area contributed by atoms with Gasteiger partial charge in [0.05, 0.1) is 0 Å². The third-order valence-corrected chi connectivity index (χ3v) is 4.19. The summed E-state index contributed by atoms with van der Waals surface area (Å²) in [7, 11) is 0. The lowest BCUT2D eigenvalue weighted by atomic mass is 9.94. The minimum Gasteiger partial charge on any atom is -0.342 e. The third kappa shape index (κ3) is 3.57. The quantitative estimate of drug-likeness (QED) is 0.905. The van der Waals surface area contributed by atoms with E-state index in [2.05, 4.69) is 26.0 Å². The molecule has 1 aliphatic rings.